The van der Waals surface area contributed by atoms with E-state index in [1.54, 1.807) is 72.8 Å². The van der Waals surface area contributed by atoms with E-state index in [2.05, 4.69) is 0 Å². The van der Waals surface area contributed by atoms with Crippen molar-refractivity contribution in [3.05, 3.63) is 102 Å². The average molecular weight is 446 g/mol. The van der Waals surface area contributed by atoms with E-state index in [9.17, 15) is 14.4 Å². The lowest BCUT2D eigenvalue weighted by atomic mass is 9.81. The molecule has 3 aromatic rings. The normalized spacial score (nSPS) is 13.3. The molecule has 0 spiro atoms. The highest BCUT2D eigenvalue weighted by Gasteiger charge is 2.41. The van der Waals surface area contributed by atoms with Crippen molar-refractivity contribution in [3.8, 4) is 5.75 Å². The molecule has 3 rings (SSSR count). The van der Waals surface area contributed by atoms with E-state index in [4.69, 9.17) is 14.2 Å². The molecule has 0 amide bonds. The van der Waals surface area contributed by atoms with Gasteiger partial charge in [-0.2, -0.15) is 0 Å². The second-order valence-electron chi connectivity index (χ2n) is 7.50. The quantitative estimate of drug-likeness (QED) is 0.336. The van der Waals surface area contributed by atoms with Crippen molar-refractivity contribution in [1.29, 1.82) is 0 Å². The van der Waals surface area contributed by atoms with Crippen molar-refractivity contribution in [2.75, 3.05) is 7.11 Å². The highest BCUT2D eigenvalue weighted by molar-refractivity contribution is 5.99. The molecule has 0 heterocycles. The molecule has 0 aliphatic rings. The van der Waals surface area contributed by atoms with Crippen LogP contribution in [0.25, 0.3) is 0 Å². The summed E-state index contributed by atoms with van der Waals surface area (Å²) in [5.74, 6) is -1.86. The van der Waals surface area contributed by atoms with Gasteiger partial charge in [0.25, 0.3) is 0 Å². The molecule has 3 aromatic carbocycles. The minimum absolute atomic E-state index is 0.331. The number of rotatable bonds is 9. The topological polar surface area (TPSA) is 78.9 Å². The number of esters is 2. The average Bonchev–Trinajstić information content (AvgIpc) is 2.83. The van der Waals surface area contributed by atoms with Crippen molar-refractivity contribution in [2.45, 2.75) is 26.1 Å². The Morgan fingerprint density at radius 2 is 1.06 bits per heavy atom. The van der Waals surface area contributed by atoms with Crippen LogP contribution in [0.1, 0.15) is 47.5 Å². The van der Waals surface area contributed by atoms with Gasteiger partial charge >= 0.3 is 11.9 Å². The fourth-order valence-electron chi connectivity index (χ4n) is 3.72. The Morgan fingerprint density at radius 1 is 0.636 bits per heavy atom. The number of ketones is 1. The van der Waals surface area contributed by atoms with Crippen molar-refractivity contribution in [1.82, 2.24) is 0 Å². The second-order valence-corrected chi connectivity index (χ2v) is 7.50. The van der Waals surface area contributed by atoms with Gasteiger partial charge in [0.15, 0.2) is 5.78 Å². The molecule has 0 fully saturated rings. The minimum atomic E-state index is -1.03. The zero-order valence-corrected chi connectivity index (χ0v) is 18.8. The molecule has 0 N–H and O–H groups in total. The predicted molar refractivity (Wildman–Crippen MR) is 123 cm³/mol. The summed E-state index contributed by atoms with van der Waals surface area (Å²) in [7, 11) is 1.54. The van der Waals surface area contributed by atoms with Gasteiger partial charge in [0, 0.05) is 19.4 Å². The van der Waals surface area contributed by atoms with E-state index in [0.717, 1.165) is 0 Å². The van der Waals surface area contributed by atoms with Crippen molar-refractivity contribution in [2.24, 2.45) is 5.92 Å². The molecule has 0 aliphatic heterocycles. The highest BCUT2D eigenvalue weighted by Crippen LogP contribution is 2.40. The number of benzene rings is 3. The Kier molecular flexibility index (Phi) is 7.97. The van der Waals surface area contributed by atoms with Gasteiger partial charge in [0.2, 0.25) is 0 Å². The Labute approximate surface area is 193 Å². The molecule has 0 saturated heterocycles. The van der Waals surface area contributed by atoms with Gasteiger partial charge in [-0.15, -0.1) is 0 Å². The SMILES string of the molecule is COc1ccc(C(=O)C([C@H](OC(C)=O)c2ccccc2)[C@@H](OC(C)=O)c2ccccc2)cc1. The fourth-order valence-corrected chi connectivity index (χ4v) is 3.72. The summed E-state index contributed by atoms with van der Waals surface area (Å²) in [6.45, 7) is 2.57. The summed E-state index contributed by atoms with van der Waals surface area (Å²) >= 11 is 0. The molecule has 0 aliphatic carbocycles. The van der Waals surface area contributed by atoms with Crippen molar-refractivity contribution >= 4 is 17.7 Å². The third kappa shape index (κ3) is 6.07. The van der Waals surface area contributed by atoms with Crippen LogP contribution < -0.4 is 4.74 Å². The smallest absolute Gasteiger partial charge is 0.303 e. The maximum Gasteiger partial charge on any atom is 0.303 e. The Bertz CT molecular complexity index is 1020. The van der Waals surface area contributed by atoms with E-state index in [1.165, 1.54) is 21.0 Å². The van der Waals surface area contributed by atoms with E-state index in [0.29, 0.717) is 22.4 Å². The Balaban J connectivity index is 2.18. The first kappa shape index (κ1) is 23.7. The van der Waals surface area contributed by atoms with Crippen LogP contribution in [0.2, 0.25) is 0 Å². The standard InChI is InChI=1S/C27H26O6/c1-18(28)32-26(21-10-6-4-7-11-21)24(25(30)20-14-16-23(31-3)17-15-20)27(33-19(2)29)22-12-8-5-9-13-22/h4-17,24,26-27H,1-3H3/t24?,26-,27+. The number of carbonyl (C=O) groups is 3. The summed E-state index contributed by atoms with van der Waals surface area (Å²) in [5, 5.41) is 0. The Morgan fingerprint density at radius 3 is 1.42 bits per heavy atom. The summed E-state index contributed by atoms with van der Waals surface area (Å²) in [6, 6.07) is 24.6. The van der Waals surface area contributed by atoms with Gasteiger partial charge in [-0.1, -0.05) is 60.7 Å². The van der Waals surface area contributed by atoms with E-state index in [-0.39, 0.29) is 5.78 Å². The predicted octanol–water partition coefficient (Wildman–Crippen LogP) is 5.10. The minimum Gasteiger partial charge on any atom is -0.497 e. The molecule has 1 unspecified atom stereocenters. The van der Waals surface area contributed by atoms with Crippen LogP contribution in [-0.2, 0) is 19.1 Å². The molecule has 0 radical (unpaired) electrons. The van der Waals surface area contributed by atoms with Crippen molar-refractivity contribution < 1.29 is 28.6 Å². The molecule has 0 saturated carbocycles. The van der Waals surface area contributed by atoms with E-state index < -0.39 is 30.1 Å². The van der Waals surface area contributed by atoms with Gasteiger partial charge in [-0.25, -0.2) is 0 Å². The van der Waals surface area contributed by atoms with Gasteiger partial charge in [0.05, 0.1) is 7.11 Å². The van der Waals surface area contributed by atoms with Crippen LogP contribution in [0.15, 0.2) is 84.9 Å². The summed E-state index contributed by atoms with van der Waals surface area (Å²) in [6.07, 6.45) is -1.97. The molecule has 6 nitrogen and oxygen atoms in total. The lowest BCUT2D eigenvalue weighted by molar-refractivity contribution is -0.157. The number of Topliss-reactive ketones (excluding diaryl/α,β-unsaturated/α-hetero) is 1. The zero-order valence-electron chi connectivity index (χ0n) is 18.8. The maximum absolute atomic E-state index is 13.9. The highest BCUT2D eigenvalue weighted by atomic mass is 16.6. The number of hydrogen-bond acceptors (Lipinski definition) is 6. The number of methoxy groups -OCH3 is 1. The summed E-state index contributed by atoms with van der Waals surface area (Å²) < 4.78 is 16.6. The first-order chi connectivity index (χ1) is 15.9. The van der Waals surface area contributed by atoms with E-state index >= 15 is 0 Å². The number of hydrogen-bond donors (Lipinski definition) is 0. The first-order valence-corrected chi connectivity index (χ1v) is 10.5. The van der Waals surface area contributed by atoms with Crippen LogP contribution in [0, 0.1) is 5.92 Å². The lowest BCUT2D eigenvalue weighted by Crippen LogP contribution is -2.33. The Hall–Kier alpha value is -3.93. The van der Waals surface area contributed by atoms with Gasteiger partial charge < -0.3 is 14.2 Å². The number of ether oxygens (including phenoxy) is 3. The molecule has 0 bridgehead atoms. The van der Waals surface area contributed by atoms with Crippen LogP contribution in [-0.4, -0.2) is 24.8 Å². The molecule has 6 heteroatoms. The third-order valence-corrected chi connectivity index (χ3v) is 5.17. The molecule has 3 atom stereocenters. The molecule has 0 aromatic heterocycles. The lowest BCUT2D eigenvalue weighted by Gasteiger charge is -2.32. The molecular formula is C27H26O6. The van der Waals surface area contributed by atoms with Crippen LogP contribution in [0.5, 0.6) is 5.75 Å². The second kappa shape index (κ2) is 11.1. The molecule has 170 valence electrons. The largest absolute Gasteiger partial charge is 0.497 e. The first-order valence-electron chi connectivity index (χ1n) is 10.5. The third-order valence-electron chi connectivity index (χ3n) is 5.17. The monoisotopic (exact) mass is 446 g/mol. The van der Waals surface area contributed by atoms with Gasteiger partial charge in [-0.05, 0) is 35.4 Å². The summed E-state index contributed by atoms with van der Waals surface area (Å²) in [4.78, 5) is 38.1. The van der Waals surface area contributed by atoms with Gasteiger partial charge in [0.1, 0.15) is 23.9 Å². The molecule has 33 heavy (non-hydrogen) atoms. The molecular weight excluding hydrogens is 420 g/mol. The van der Waals surface area contributed by atoms with Crippen molar-refractivity contribution in [3.63, 3.8) is 0 Å². The number of carbonyl (C=O) groups excluding carboxylic acids is 3. The van der Waals surface area contributed by atoms with Crippen LogP contribution >= 0.6 is 0 Å². The maximum atomic E-state index is 13.9. The van der Waals surface area contributed by atoms with E-state index in [1.807, 2.05) is 12.1 Å². The van der Waals surface area contributed by atoms with Gasteiger partial charge in [-0.3, -0.25) is 14.4 Å². The van der Waals surface area contributed by atoms with Crippen LogP contribution in [0.3, 0.4) is 0 Å². The fraction of sp³-hybridized carbons (Fsp3) is 0.222. The summed E-state index contributed by atoms with van der Waals surface area (Å²) in [5.41, 5.74) is 1.61. The van der Waals surface area contributed by atoms with Crippen LogP contribution in [0.4, 0.5) is 0 Å². The zero-order chi connectivity index (χ0) is 23.8.